The summed E-state index contributed by atoms with van der Waals surface area (Å²) in [6.45, 7) is 0.689. The fourth-order valence-electron chi connectivity index (χ4n) is 3.71. The molecule has 5 heteroatoms. The van der Waals surface area contributed by atoms with Gasteiger partial charge in [0.15, 0.2) is 0 Å². The largest absolute Gasteiger partial charge is 0.493 e. The van der Waals surface area contributed by atoms with Gasteiger partial charge in [-0.3, -0.25) is 4.79 Å². The summed E-state index contributed by atoms with van der Waals surface area (Å²) in [5.41, 5.74) is 1.01. The Balaban J connectivity index is 1.75. The van der Waals surface area contributed by atoms with E-state index in [2.05, 4.69) is 0 Å². The number of rotatable bonds is 4. The second-order valence-corrected chi connectivity index (χ2v) is 6.57. The molecule has 1 aromatic rings. The molecule has 0 spiro atoms. The van der Waals surface area contributed by atoms with E-state index in [9.17, 15) is 14.7 Å². The van der Waals surface area contributed by atoms with Crippen molar-refractivity contribution in [2.24, 2.45) is 0 Å². The number of hydrogen-bond acceptors (Lipinski definition) is 3. The zero-order valence-electron chi connectivity index (χ0n) is 13.5. The molecular weight excluding hydrogens is 294 g/mol. The third kappa shape index (κ3) is 2.92. The van der Waals surface area contributed by atoms with E-state index in [0.717, 1.165) is 42.6 Å². The first-order valence-corrected chi connectivity index (χ1v) is 8.27. The molecule has 1 fully saturated rings. The summed E-state index contributed by atoms with van der Waals surface area (Å²) in [7, 11) is 1.64. The first-order chi connectivity index (χ1) is 11.0. The Kier molecular flexibility index (Phi) is 4.28. The second kappa shape index (κ2) is 6.22. The highest BCUT2D eigenvalue weighted by Gasteiger charge is 2.45. The minimum atomic E-state index is -1.03. The van der Waals surface area contributed by atoms with Gasteiger partial charge in [0.25, 0.3) is 0 Å². The Morgan fingerprint density at radius 2 is 2.00 bits per heavy atom. The Labute approximate surface area is 136 Å². The molecule has 1 saturated carbocycles. The summed E-state index contributed by atoms with van der Waals surface area (Å²) in [5, 5.41) is 9.69. The van der Waals surface area contributed by atoms with Gasteiger partial charge in [0.05, 0.1) is 13.0 Å². The van der Waals surface area contributed by atoms with Crippen LogP contribution in [0.5, 0.6) is 5.75 Å². The molecule has 0 saturated heterocycles. The molecule has 0 atom stereocenters. The summed E-state index contributed by atoms with van der Waals surface area (Å²) >= 11 is 0. The normalized spacial score (nSPS) is 18.8. The smallest absolute Gasteiger partial charge is 0.329 e. The number of nitrogens with zero attached hydrogens (tertiary/aromatic N) is 1. The average Bonchev–Trinajstić information content (AvgIpc) is 3.02. The molecule has 1 amide bonds. The quantitative estimate of drug-likeness (QED) is 0.926. The van der Waals surface area contributed by atoms with Gasteiger partial charge >= 0.3 is 5.97 Å². The number of hydrogen-bond donors (Lipinski definition) is 1. The fourth-order valence-corrected chi connectivity index (χ4v) is 3.71. The maximum atomic E-state index is 12.7. The number of aliphatic carboxylic acids is 1. The SMILES string of the molecule is CN(C(=O)Cc1ccc2c(c1)CCO2)C1(C(=O)O)CCCCC1. The third-order valence-electron chi connectivity index (χ3n) is 5.20. The lowest BCUT2D eigenvalue weighted by molar-refractivity contribution is -0.160. The highest BCUT2D eigenvalue weighted by atomic mass is 16.5. The number of carboxylic acid groups (broad SMARTS) is 1. The van der Waals surface area contributed by atoms with Crippen molar-refractivity contribution in [3.05, 3.63) is 29.3 Å². The molecule has 3 rings (SSSR count). The van der Waals surface area contributed by atoms with Crippen molar-refractivity contribution >= 4 is 11.9 Å². The van der Waals surface area contributed by atoms with Gasteiger partial charge in [0.2, 0.25) is 5.91 Å². The van der Waals surface area contributed by atoms with E-state index in [0.29, 0.717) is 19.4 Å². The van der Waals surface area contributed by atoms with Crippen molar-refractivity contribution in [3.8, 4) is 5.75 Å². The van der Waals surface area contributed by atoms with E-state index >= 15 is 0 Å². The van der Waals surface area contributed by atoms with Crippen LogP contribution < -0.4 is 4.74 Å². The molecule has 1 aromatic carbocycles. The molecule has 1 aliphatic carbocycles. The van der Waals surface area contributed by atoms with Gasteiger partial charge in [-0.05, 0) is 30.0 Å². The van der Waals surface area contributed by atoms with E-state index < -0.39 is 11.5 Å². The first kappa shape index (κ1) is 15.8. The lowest BCUT2D eigenvalue weighted by atomic mass is 9.80. The molecular formula is C18H23NO4. The summed E-state index contributed by atoms with van der Waals surface area (Å²) in [6, 6.07) is 5.80. The number of carbonyl (C=O) groups excluding carboxylic acids is 1. The van der Waals surface area contributed by atoms with Gasteiger partial charge in [-0.2, -0.15) is 0 Å². The molecule has 1 heterocycles. The summed E-state index contributed by atoms with van der Waals surface area (Å²) in [5.74, 6) is -0.118. The minimum absolute atomic E-state index is 0.131. The first-order valence-electron chi connectivity index (χ1n) is 8.27. The number of carboxylic acids is 1. The number of amides is 1. The van der Waals surface area contributed by atoms with Crippen molar-refractivity contribution < 1.29 is 19.4 Å². The van der Waals surface area contributed by atoms with Crippen molar-refractivity contribution in [2.45, 2.75) is 50.5 Å². The van der Waals surface area contributed by atoms with Crippen LogP contribution in [0, 0.1) is 0 Å². The summed E-state index contributed by atoms with van der Waals surface area (Å²) in [4.78, 5) is 25.9. The highest BCUT2D eigenvalue weighted by Crippen LogP contribution is 2.34. The standard InChI is InChI=1S/C18H23NO4/c1-19(18(17(21)22)8-3-2-4-9-18)16(20)12-13-5-6-15-14(11-13)7-10-23-15/h5-6,11H,2-4,7-10,12H2,1H3,(H,21,22). The number of carbonyl (C=O) groups is 2. The van der Waals surface area contributed by atoms with Crippen molar-refractivity contribution in [1.29, 1.82) is 0 Å². The van der Waals surface area contributed by atoms with Gasteiger partial charge in [-0.15, -0.1) is 0 Å². The Hall–Kier alpha value is -2.04. The topological polar surface area (TPSA) is 66.8 Å². The van der Waals surface area contributed by atoms with Crippen molar-refractivity contribution in [3.63, 3.8) is 0 Å². The van der Waals surface area contributed by atoms with Crippen LogP contribution in [-0.4, -0.2) is 41.1 Å². The van der Waals surface area contributed by atoms with E-state index in [-0.39, 0.29) is 12.3 Å². The lowest BCUT2D eigenvalue weighted by Crippen LogP contribution is -2.56. The van der Waals surface area contributed by atoms with Crippen LogP contribution in [0.15, 0.2) is 18.2 Å². The minimum Gasteiger partial charge on any atom is -0.493 e. The van der Waals surface area contributed by atoms with Crippen LogP contribution >= 0.6 is 0 Å². The van der Waals surface area contributed by atoms with E-state index in [1.165, 1.54) is 4.90 Å². The van der Waals surface area contributed by atoms with Crippen LogP contribution in [0.25, 0.3) is 0 Å². The van der Waals surface area contributed by atoms with Crippen LogP contribution in [0.3, 0.4) is 0 Å². The second-order valence-electron chi connectivity index (χ2n) is 6.57. The van der Waals surface area contributed by atoms with E-state index in [1.807, 2.05) is 18.2 Å². The molecule has 0 aromatic heterocycles. The van der Waals surface area contributed by atoms with Crippen molar-refractivity contribution in [2.75, 3.05) is 13.7 Å². The monoisotopic (exact) mass is 317 g/mol. The number of likely N-dealkylation sites (N-methyl/N-ethyl adjacent to an activating group) is 1. The zero-order chi connectivity index (χ0) is 16.4. The molecule has 0 bridgehead atoms. The summed E-state index contributed by atoms with van der Waals surface area (Å²) in [6.07, 6.45) is 4.96. The Morgan fingerprint density at radius 3 is 2.70 bits per heavy atom. The molecule has 124 valence electrons. The van der Waals surface area contributed by atoms with Crippen LogP contribution in [-0.2, 0) is 22.4 Å². The zero-order valence-corrected chi connectivity index (χ0v) is 13.5. The number of ether oxygens (including phenoxy) is 1. The van der Waals surface area contributed by atoms with E-state index in [4.69, 9.17) is 4.74 Å². The molecule has 5 nitrogen and oxygen atoms in total. The van der Waals surface area contributed by atoms with Crippen LogP contribution in [0.1, 0.15) is 43.2 Å². The van der Waals surface area contributed by atoms with Crippen LogP contribution in [0.2, 0.25) is 0 Å². The van der Waals surface area contributed by atoms with Crippen molar-refractivity contribution in [1.82, 2.24) is 4.90 Å². The fraction of sp³-hybridized carbons (Fsp3) is 0.556. The highest BCUT2D eigenvalue weighted by molar-refractivity contribution is 5.88. The van der Waals surface area contributed by atoms with Gasteiger partial charge in [0.1, 0.15) is 11.3 Å². The molecule has 0 unspecified atom stereocenters. The van der Waals surface area contributed by atoms with Crippen LogP contribution in [0.4, 0.5) is 0 Å². The lowest BCUT2D eigenvalue weighted by Gasteiger charge is -2.41. The predicted octanol–water partition coefficient (Wildman–Crippen LogP) is 2.41. The Morgan fingerprint density at radius 1 is 1.26 bits per heavy atom. The predicted molar refractivity (Wildman–Crippen MR) is 85.6 cm³/mol. The van der Waals surface area contributed by atoms with Gasteiger partial charge < -0.3 is 14.7 Å². The van der Waals surface area contributed by atoms with E-state index in [1.54, 1.807) is 7.05 Å². The third-order valence-corrected chi connectivity index (χ3v) is 5.20. The maximum Gasteiger partial charge on any atom is 0.329 e. The molecule has 23 heavy (non-hydrogen) atoms. The van der Waals surface area contributed by atoms with Gasteiger partial charge in [0, 0.05) is 13.5 Å². The number of fused-ring (bicyclic) bond motifs is 1. The molecule has 1 N–H and O–H groups in total. The van der Waals surface area contributed by atoms with Gasteiger partial charge in [-0.1, -0.05) is 31.4 Å². The molecule has 0 radical (unpaired) electrons. The average molecular weight is 317 g/mol. The maximum absolute atomic E-state index is 12.7. The number of benzene rings is 1. The molecule has 1 aliphatic heterocycles. The summed E-state index contributed by atoms with van der Waals surface area (Å²) < 4.78 is 5.48. The Bertz CT molecular complexity index is 619. The molecule has 2 aliphatic rings. The van der Waals surface area contributed by atoms with Gasteiger partial charge in [-0.25, -0.2) is 4.79 Å².